The summed E-state index contributed by atoms with van der Waals surface area (Å²) in [4.78, 5) is 26.0. The van der Waals surface area contributed by atoms with Crippen LogP contribution in [0.25, 0.3) is 0 Å². The molecule has 33 heavy (non-hydrogen) atoms. The first-order valence-corrected chi connectivity index (χ1v) is 11.7. The Morgan fingerprint density at radius 3 is 2.48 bits per heavy atom. The van der Waals surface area contributed by atoms with Gasteiger partial charge >= 0.3 is 0 Å². The van der Waals surface area contributed by atoms with E-state index in [1.165, 1.54) is 17.5 Å². The van der Waals surface area contributed by atoms with Crippen molar-refractivity contribution >= 4 is 23.3 Å². The van der Waals surface area contributed by atoms with Gasteiger partial charge in [-0.25, -0.2) is 9.97 Å². The molecule has 0 spiro atoms. The van der Waals surface area contributed by atoms with E-state index < -0.39 is 0 Å². The summed E-state index contributed by atoms with van der Waals surface area (Å²) in [6, 6.07) is 16.2. The van der Waals surface area contributed by atoms with Gasteiger partial charge < -0.3 is 10.2 Å². The quantitative estimate of drug-likeness (QED) is 0.574. The second kappa shape index (κ2) is 10.9. The zero-order valence-electron chi connectivity index (χ0n) is 19.2. The van der Waals surface area contributed by atoms with Crippen molar-refractivity contribution in [3.8, 4) is 0 Å². The molecule has 1 amide bonds. The molecule has 0 unspecified atom stereocenters. The molecule has 172 valence electrons. The molecule has 1 fully saturated rings. The van der Waals surface area contributed by atoms with Gasteiger partial charge in [-0.05, 0) is 42.3 Å². The molecule has 1 aliphatic heterocycles. The molecule has 0 atom stereocenters. The number of anilines is 1. The molecule has 3 aromatic rings. The molecule has 0 saturated carbocycles. The highest BCUT2D eigenvalue weighted by Gasteiger charge is 2.14. The maximum Gasteiger partial charge on any atom is 0.230 e. The van der Waals surface area contributed by atoms with Crippen LogP contribution in [0.4, 0.5) is 5.82 Å². The molecule has 2 aromatic carbocycles. The normalized spacial score (nSPS) is 14.9. The number of aromatic nitrogens is 2. The van der Waals surface area contributed by atoms with Crippen LogP contribution in [0.1, 0.15) is 27.9 Å². The average Bonchev–Trinajstić information content (AvgIpc) is 2.79. The van der Waals surface area contributed by atoms with Crippen molar-refractivity contribution in [3.63, 3.8) is 0 Å². The lowest BCUT2D eigenvalue weighted by atomic mass is 10.1. The summed E-state index contributed by atoms with van der Waals surface area (Å²) >= 11 is 6.25. The van der Waals surface area contributed by atoms with Gasteiger partial charge in [0.25, 0.3) is 0 Å². The second-order valence-corrected chi connectivity index (χ2v) is 9.13. The molecule has 0 aliphatic carbocycles. The van der Waals surface area contributed by atoms with Crippen molar-refractivity contribution in [1.82, 2.24) is 19.8 Å². The van der Waals surface area contributed by atoms with Gasteiger partial charge in [0.1, 0.15) is 12.1 Å². The summed E-state index contributed by atoms with van der Waals surface area (Å²) in [6.45, 7) is 7.43. The molecule has 1 aliphatic rings. The molecule has 4 rings (SSSR count). The van der Waals surface area contributed by atoms with Gasteiger partial charge in [0.15, 0.2) is 0 Å². The number of benzene rings is 2. The van der Waals surface area contributed by atoms with Crippen molar-refractivity contribution in [2.24, 2.45) is 0 Å². The number of amides is 1. The largest absolute Gasteiger partial charge is 0.310 e. The Balaban J connectivity index is 1.33. The first kappa shape index (κ1) is 23.4. The van der Waals surface area contributed by atoms with E-state index in [4.69, 9.17) is 11.6 Å². The smallest absolute Gasteiger partial charge is 0.230 e. The Morgan fingerprint density at radius 1 is 1.03 bits per heavy atom. The number of likely N-dealkylation sites (N-methyl/N-ethyl adjacent to an activating group) is 1. The van der Waals surface area contributed by atoms with Crippen LogP contribution in [0, 0.1) is 6.92 Å². The fourth-order valence-electron chi connectivity index (χ4n) is 4.04. The van der Waals surface area contributed by atoms with Gasteiger partial charge in [0.2, 0.25) is 5.91 Å². The van der Waals surface area contributed by atoms with Crippen LogP contribution in [-0.4, -0.2) is 58.9 Å². The molecule has 0 bridgehead atoms. The number of carbonyl (C=O) groups is 1. The van der Waals surface area contributed by atoms with Crippen LogP contribution >= 0.6 is 11.6 Å². The molecular weight excluding hydrogens is 434 g/mol. The Kier molecular flexibility index (Phi) is 7.70. The first-order chi connectivity index (χ1) is 16.0. The average molecular weight is 464 g/mol. The molecule has 1 saturated heterocycles. The summed E-state index contributed by atoms with van der Waals surface area (Å²) in [7, 11) is 2.18. The fourth-order valence-corrected chi connectivity index (χ4v) is 4.32. The summed E-state index contributed by atoms with van der Waals surface area (Å²) in [6.07, 6.45) is 2.39. The monoisotopic (exact) mass is 463 g/mol. The van der Waals surface area contributed by atoms with Crippen molar-refractivity contribution in [2.45, 2.75) is 26.3 Å². The lowest BCUT2D eigenvalue weighted by Gasteiger charge is -2.32. The zero-order chi connectivity index (χ0) is 23.2. The third kappa shape index (κ3) is 6.60. The maximum absolute atomic E-state index is 12.5. The number of piperazine rings is 1. The van der Waals surface area contributed by atoms with Crippen LogP contribution in [0.15, 0.2) is 54.9 Å². The van der Waals surface area contributed by atoms with Crippen LogP contribution in [0.2, 0.25) is 5.02 Å². The number of hydrogen-bond acceptors (Lipinski definition) is 5. The van der Waals surface area contributed by atoms with E-state index >= 15 is 0 Å². The highest BCUT2D eigenvalue weighted by atomic mass is 35.5. The van der Waals surface area contributed by atoms with Gasteiger partial charge in [-0.2, -0.15) is 0 Å². The van der Waals surface area contributed by atoms with Gasteiger partial charge in [0.05, 0.1) is 12.1 Å². The van der Waals surface area contributed by atoms with E-state index in [9.17, 15) is 4.79 Å². The summed E-state index contributed by atoms with van der Waals surface area (Å²) in [5.74, 6) is 0.352. The molecule has 6 nitrogen and oxygen atoms in total. The van der Waals surface area contributed by atoms with Crippen molar-refractivity contribution in [2.75, 3.05) is 38.5 Å². The highest BCUT2D eigenvalue weighted by molar-refractivity contribution is 6.31. The number of rotatable bonds is 7. The van der Waals surface area contributed by atoms with Gasteiger partial charge in [-0.3, -0.25) is 9.69 Å². The number of hydrogen-bond donors (Lipinski definition) is 1. The molecule has 1 aromatic heterocycles. The number of halogens is 1. The van der Waals surface area contributed by atoms with E-state index in [1.54, 1.807) is 6.07 Å². The zero-order valence-corrected chi connectivity index (χ0v) is 20.0. The predicted octanol–water partition coefficient (Wildman–Crippen LogP) is 3.96. The van der Waals surface area contributed by atoms with Gasteiger partial charge in [-0.15, -0.1) is 0 Å². The SMILES string of the molecule is Cc1cccc(Cl)c1CC(=O)Nc1cc(Cc2ccc(CN3CCN(C)CC3)cc2)ncn1. The molecule has 7 heteroatoms. The van der Waals surface area contributed by atoms with E-state index in [0.717, 1.165) is 49.5 Å². The predicted molar refractivity (Wildman–Crippen MR) is 133 cm³/mol. The summed E-state index contributed by atoms with van der Waals surface area (Å²) < 4.78 is 0. The summed E-state index contributed by atoms with van der Waals surface area (Å²) in [5, 5.41) is 3.47. The van der Waals surface area contributed by atoms with Crippen LogP contribution in [0.5, 0.6) is 0 Å². The highest BCUT2D eigenvalue weighted by Crippen LogP contribution is 2.20. The van der Waals surface area contributed by atoms with Crippen molar-refractivity contribution < 1.29 is 4.79 Å². The van der Waals surface area contributed by atoms with E-state index in [2.05, 4.69) is 56.4 Å². The number of carbonyl (C=O) groups excluding carboxylic acids is 1. The van der Waals surface area contributed by atoms with Crippen LogP contribution in [0.3, 0.4) is 0 Å². The number of nitrogens with one attached hydrogen (secondary N) is 1. The van der Waals surface area contributed by atoms with E-state index in [1.807, 2.05) is 25.1 Å². The Labute approximate surface area is 200 Å². The minimum Gasteiger partial charge on any atom is -0.310 e. The lowest BCUT2D eigenvalue weighted by molar-refractivity contribution is -0.115. The Hall–Kier alpha value is -2.80. The number of nitrogens with zero attached hydrogens (tertiary/aromatic N) is 4. The van der Waals surface area contributed by atoms with Gasteiger partial charge in [0, 0.05) is 50.2 Å². The van der Waals surface area contributed by atoms with Crippen LogP contribution in [-0.2, 0) is 24.2 Å². The lowest BCUT2D eigenvalue weighted by Crippen LogP contribution is -2.43. The van der Waals surface area contributed by atoms with E-state index in [0.29, 0.717) is 17.3 Å². The molecular formula is C26H30ClN5O. The van der Waals surface area contributed by atoms with Crippen molar-refractivity contribution in [1.29, 1.82) is 0 Å². The molecule has 2 heterocycles. The topological polar surface area (TPSA) is 61.4 Å². The Bertz CT molecular complexity index is 1070. The Morgan fingerprint density at radius 2 is 1.76 bits per heavy atom. The minimum absolute atomic E-state index is 0.149. The van der Waals surface area contributed by atoms with Gasteiger partial charge in [-0.1, -0.05) is 48.0 Å². The van der Waals surface area contributed by atoms with Crippen LogP contribution < -0.4 is 5.32 Å². The van der Waals surface area contributed by atoms with Crippen molar-refractivity contribution in [3.05, 3.63) is 87.8 Å². The summed E-state index contributed by atoms with van der Waals surface area (Å²) in [5.41, 5.74) is 5.20. The third-order valence-electron chi connectivity index (χ3n) is 6.09. The molecule has 0 radical (unpaired) electrons. The molecule has 1 N–H and O–H groups in total. The minimum atomic E-state index is -0.149. The standard InChI is InChI=1S/C26H30ClN5O/c1-19-4-3-5-24(27)23(19)16-26(33)30-25-15-22(28-18-29-25)14-20-6-8-21(9-7-20)17-32-12-10-31(2)11-13-32/h3-9,15,18H,10-14,16-17H2,1-2H3,(H,28,29,30,33). The second-order valence-electron chi connectivity index (χ2n) is 8.73. The van der Waals surface area contributed by atoms with E-state index in [-0.39, 0.29) is 12.3 Å². The maximum atomic E-state index is 12.5. The third-order valence-corrected chi connectivity index (χ3v) is 6.45. The fraction of sp³-hybridized carbons (Fsp3) is 0.346. The number of aryl methyl sites for hydroxylation is 1. The first-order valence-electron chi connectivity index (χ1n) is 11.3.